The zero-order valence-electron chi connectivity index (χ0n) is 13.1. The number of likely N-dealkylation sites (tertiary alicyclic amines) is 1. The summed E-state index contributed by atoms with van der Waals surface area (Å²) in [5.74, 6) is -2.58. The number of aliphatic carboxylic acids is 1. The number of carbonyl (C=O) groups is 2. The van der Waals surface area contributed by atoms with Crippen LogP contribution in [0.5, 0.6) is 5.75 Å². The zero-order valence-corrected chi connectivity index (χ0v) is 13.1. The number of benzene rings is 1. The number of carboxylic acid groups (broad SMARTS) is 1. The predicted octanol–water partition coefficient (Wildman–Crippen LogP) is 1.03. The summed E-state index contributed by atoms with van der Waals surface area (Å²) in [6.07, 6.45) is -0.145. The topological polar surface area (TPSA) is 76.1 Å². The van der Waals surface area contributed by atoms with Crippen LogP contribution >= 0.6 is 0 Å². The van der Waals surface area contributed by atoms with E-state index in [1.807, 2.05) is 0 Å². The van der Waals surface area contributed by atoms with E-state index in [1.165, 1.54) is 30.2 Å². The Morgan fingerprint density at radius 2 is 2.08 bits per heavy atom. The van der Waals surface area contributed by atoms with Crippen LogP contribution in [0, 0.1) is 11.2 Å². The van der Waals surface area contributed by atoms with Crippen LogP contribution in [0.3, 0.4) is 0 Å². The second-order valence-corrected chi connectivity index (χ2v) is 6.27. The molecule has 6 nitrogen and oxygen atoms in total. The van der Waals surface area contributed by atoms with Crippen molar-refractivity contribution < 1.29 is 33.0 Å². The van der Waals surface area contributed by atoms with Crippen LogP contribution in [-0.4, -0.2) is 61.0 Å². The maximum atomic E-state index is 14.9. The molecule has 1 aromatic rings. The van der Waals surface area contributed by atoms with Crippen molar-refractivity contribution in [2.24, 2.45) is 5.41 Å². The maximum absolute atomic E-state index is 14.9. The maximum Gasteiger partial charge on any atom is 0.344 e. The molecule has 1 spiro atoms. The number of ether oxygens (including phenoxy) is 2. The van der Waals surface area contributed by atoms with Gasteiger partial charge < -0.3 is 19.5 Å². The molecular weight excluding hydrogens is 324 g/mol. The van der Waals surface area contributed by atoms with Crippen LogP contribution in [0.2, 0.25) is 0 Å². The third-order valence-electron chi connectivity index (χ3n) is 4.76. The highest BCUT2D eigenvalue weighted by Crippen LogP contribution is 2.48. The van der Waals surface area contributed by atoms with Gasteiger partial charge in [0.2, 0.25) is 11.6 Å². The molecule has 1 N–H and O–H groups in total. The summed E-state index contributed by atoms with van der Waals surface area (Å²) in [6.45, 7) is -0.607. The van der Waals surface area contributed by atoms with E-state index in [0.717, 1.165) is 0 Å². The summed E-state index contributed by atoms with van der Waals surface area (Å²) in [6, 6.07) is 4.12. The minimum Gasteiger partial charge on any atom is -0.494 e. The number of carboxylic acids is 1. The van der Waals surface area contributed by atoms with E-state index in [0.29, 0.717) is 5.56 Å². The van der Waals surface area contributed by atoms with Gasteiger partial charge in [0.05, 0.1) is 38.7 Å². The molecule has 8 heteroatoms. The fourth-order valence-electron chi connectivity index (χ4n) is 3.22. The van der Waals surface area contributed by atoms with Gasteiger partial charge in [0.1, 0.15) is 0 Å². The summed E-state index contributed by atoms with van der Waals surface area (Å²) < 4.78 is 38.4. The van der Waals surface area contributed by atoms with Gasteiger partial charge in [0.15, 0.2) is 11.6 Å². The molecule has 3 rings (SSSR count). The average molecular weight is 341 g/mol. The molecule has 1 unspecified atom stereocenters. The molecule has 1 aromatic carbocycles. The molecule has 0 bridgehead atoms. The molecule has 2 aliphatic rings. The standard InChI is InChI=1S/C16H17F2NO5/c1-23-12-3-2-10(4-11(12)17)5-13(20)19-6-15(8-24-9-15)16(18,7-19)14(21)22/h2-4H,5-9H2,1H3,(H,21,22). The van der Waals surface area contributed by atoms with Gasteiger partial charge in [0.25, 0.3) is 0 Å². The molecule has 2 fully saturated rings. The van der Waals surface area contributed by atoms with E-state index in [-0.39, 0.29) is 31.9 Å². The molecule has 0 aliphatic carbocycles. The lowest BCUT2D eigenvalue weighted by atomic mass is 9.74. The van der Waals surface area contributed by atoms with Crippen molar-refractivity contribution in [3.8, 4) is 5.75 Å². The third-order valence-corrected chi connectivity index (χ3v) is 4.76. The summed E-state index contributed by atoms with van der Waals surface area (Å²) in [5, 5.41) is 9.22. The number of rotatable bonds is 4. The number of nitrogens with zero attached hydrogens (tertiary/aromatic N) is 1. The lowest BCUT2D eigenvalue weighted by Crippen LogP contribution is -2.60. The van der Waals surface area contributed by atoms with E-state index in [9.17, 15) is 23.5 Å². The van der Waals surface area contributed by atoms with Crippen molar-refractivity contribution in [3.63, 3.8) is 0 Å². The number of halogens is 2. The average Bonchev–Trinajstić information content (AvgIpc) is 2.83. The van der Waals surface area contributed by atoms with Gasteiger partial charge in [-0.1, -0.05) is 6.07 Å². The Labute approximate surface area is 137 Å². The molecule has 0 aromatic heterocycles. The van der Waals surface area contributed by atoms with E-state index >= 15 is 0 Å². The zero-order chi connectivity index (χ0) is 17.5. The Bertz CT molecular complexity index is 691. The Kier molecular flexibility index (Phi) is 3.95. The van der Waals surface area contributed by atoms with E-state index in [2.05, 4.69) is 0 Å². The molecule has 1 atom stereocenters. The van der Waals surface area contributed by atoms with Crippen molar-refractivity contribution in [3.05, 3.63) is 29.6 Å². The second kappa shape index (κ2) is 5.70. The third kappa shape index (κ3) is 2.41. The summed E-state index contributed by atoms with van der Waals surface area (Å²) >= 11 is 0. The number of carbonyl (C=O) groups excluding carboxylic acids is 1. The van der Waals surface area contributed by atoms with Gasteiger partial charge in [-0.25, -0.2) is 13.6 Å². The van der Waals surface area contributed by atoms with Crippen LogP contribution in [-0.2, 0) is 20.7 Å². The van der Waals surface area contributed by atoms with Crippen molar-refractivity contribution in [1.29, 1.82) is 0 Å². The Balaban J connectivity index is 1.74. The minimum absolute atomic E-state index is 0.0206. The lowest BCUT2D eigenvalue weighted by Gasteiger charge is -2.43. The monoisotopic (exact) mass is 341 g/mol. The minimum atomic E-state index is -2.52. The fourth-order valence-corrected chi connectivity index (χ4v) is 3.22. The van der Waals surface area contributed by atoms with Crippen molar-refractivity contribution >= 4 is 11.9 Å². The van der Waals surface area contributed by atoms with Crippen LogP contribution < -0.4 is 4.74 Å². The smallest absolute Gasteiger partial charge is 0.344 e. The van der Waals surface area contributed by atoms with Gasteiger partial charge in [-0.2, -0.15) is 0 Å². The first-order chi connectivity index (χ1) is 11.3. The molecule has 1 amide bonds. The molecular formula is C16H17F2NO5. The highest BCUT2D eigenvalue weighted by atomic mass is 19.1. The van der Waals surface area contributed by atoms with Gasteiger partial charge in [0, 0.05) is 6.54 Å². The first kappa shape index (κ1) is 16.6. The summed E-state index contributed by atoms with van der Waals surface area (Å²) in [7, 11) is 1.33. The van der Waals surface area contributed by atoms with E-state index in [1.54, 1.807) is 0 Å². The van der Waals surface area contributed by atoms with Crippen LogP contribution in [0.15, 0.2) is 18.2 Å². The highest BCUT2D eigenvalue weighted by Gasteiger charge is 2.68. The normalized spacial score (nSPS) is 24.7. The van der Waals surface area contributed by atoms with Crippen LogP contribution in [0.25, 0.3) is 0 Å². The SMILES string of the molecule is COc1ccc(CC(=O)N2CC3(COC3)C(F)(C(=O)O)C2)cc1F. The molecule has 24 heavy (non-hydrogen) atoms. The largest absolute Gasteiger partial charge is 0.494 e. The molecule has 2 saturated heterocycles. The van der Waals surface area contributed by atoms with Gasteiger partial charge >= 0.3 is 5.97 Å². The van der Waals surface area contributed by atoms with Crippen LogP contribution in [0.4, 0.5) is 8.78 Å². The number of amides is 1. The Hall–Kier alpha value is -2.22. The van der Waals surface area contributed by atoms with Crippen LogP contribution in [0.1, 0.15) is 5.56 Å². The van der Waals surface area contributed by atoms with Gasteiger partial charge in [-0.05, 0) is 17.7 Å². The highest BCUT2D eigenvalue weighted by molar-refractivity contribution is 5.85. The fraction of sp³-hybridized carbons (Fsp3) is 0.500. The predicted molar refractivity (Wildman–Crippen MR) is 78.0 cm³/mol. The molecule has 0 saturated carbocycles. The van der Waals surface area contributed by atoms with Gasteiger partial charge in [-0.3, -0.25) is 4.79 Å². The summed E-state index contributed by atoms with van der Waals surface area (Å²) in [4.78, 5) is 24.9. The lowest BCUT2D eigenvalue weighted by molar-refractivity contribution is -0.192. The summed E-state index contributed by atoms with van der Waals surface area (Å²) in [5.41, 5.74) is -3.31. The second-order valence-electron chi connectivity index (χ2n) is 6.27. The Morgan fingerprint density at radius 1 is 1.38 bits per heavy atom. The van der Waals surface area contributed by atoms with Crippen molar-refractivity contribution in [1.82, 2.24) is 4.90 Å². The van der Waals surface area contributed by atoms with Gasteiger partial charge in [-0.15, -0.1) is 0 Å². The number of alkyl halides is 1. The van der Waals surface area contributed by atoms with Crippen molar-refractivity contribution in [2.75, 3.05) is 33.4 Å². The number of methoxy groups -OCH3 is 1. The molecule has 0 radical (unpaired) electrons. The van der Waals surface area contributed by atoms with E-state index < -0.39 is 35.3 Å². The van der Waals surface area contributed by atoms with E-state index in [4.69, 9.17) is 9.47 Å². The molecule has 130 valence electrons. The number of hydrogen-bond acceptors (Lipinski definition) is 4. The quantitative estimate of drug-likeness (QED) is 0.885. The first-order valence-electron chi connectivity index (χ1n) is 7.41. The molecule has 2 aliphatic heterocycles. The van der Waals surface area contributed by atoms with Crippen molar-refractivity contribution in [2.45, 2.75) is 12.1 Å². The first-order valence-corrected chi connectivity index (χ1v) is 7.41. The molecule has 2 heterocycles. The number of hydrogen-bond donors (Lipinski definition) is 1. The Morgan fingerprint density at radius 3 is 2.54 bits per heavy atom.